The van der Waals surface area contributed by atoms with Crippen molar-refractivity contribution in [1.82, 2.24) is 9.91 Å². The van der Waals surface area contributed by atoms with Crippen LogP contribution in [-0.4, -0.2) is 54.9 Å². The Morgan fingerprint density at radius 1 is 1.13 bits per heavy atom. The van der Waals surface area contributed by atoms with Gasteiger partial charge in [0, 0.05) is 43.5 Å². The van der Waals surface area contributed by atoms with E-state index in [4.69, 9.17) is 24.0 Å². The Labute approximate surface area is 182 Å². The molecule has 0 radical (unpaired) electrons. The average molecular weight is 421 g/mol. The normalized spacial score (nSPS) is 23.2. The van der Waals surface area contributed by atoms with Crippen molar-refractivity contribution in [1.29, 1.82) is 0 Å². The zero-order chi connectivity index (χ0) is 21.0. The maximum atomic E-state index is 6.79. The Morgan fingerprint density at radius 2 is 1.97 bits per heavy atom. The summed E-state index contributed by atoms with van der Waals surface area (Å²) in [6.07, 6.45) is 2.62. The van der Waals surface area contributed by atoms with E-state index < -0.39 is 5.72 Å². The maximum absolute atomic E-state index is 6.79. The summed E-state index contributed by atoms with van der Waals surface area (Å²) in [5.41, 5.74) is 2.83. The predicted octanol–water partition coefficient (Wildman–Crippen LogP) is 3.78. The van der Waals surface area contributed by atoms with E-state index in [-0.39, 0.29) is 12.8 Å². The third kappa shape index (κ3) is 2.94. The van der Waals surface area contributed by atoms with E-state index in [1.54, 1.807) is 0 Å². The molecule has 7 heteroatoms. The summed E-state index contributed by atoms with van der Waals surface area (Å²) in [5, 5.41) is 7.39. The summed E-state index contributed by atoms with van der Waals surface area (Å²) in [4.78, 5) is 2.35. The van der Waals surface area contributed by atoms with Gasteiger partial charge in [0.2, 0.25) is 12.5 Å². The lowest BCUT2D eigenvalue weighted by molar-refractivity contribution is -0.148. The van der Waals surface area contributed by atoms with Crippen molar-refractivity contribution in [3.63, 3.8) is 0 Å². The van der Waals surface area contributed by atoms with Crippen LogP contribution in [-0.2, 0) is 0 Å². The van der Waals surface area contributed by atoms with Crippen LogP contribution in [0, 0.1) is 0 Å². The Balaban J connectivity index is 1.43. The summed E-state index contributed by atoms with van der Waals surface area (Å²) in [5.74, 6) is 3.29. The average Bonchev–Trinajstić information content (AvgIpc) is 3.44. The molecule has 1 spiro atoms. The minimum Gasteiger partial charge on any atom is -0.490 e. The lowest BCUT2D eigenvalue weighted by Gasteiger charge is -2.51. The number of rotatable bonds is 3. The number of hydrazone groups is 1. The molecule has 0 N–H and O–H groups in total. The molecule has 4 heterocycles. The van der Waals surface area contributed by atoms with E-state index in [0.717, 1.165) is 72.2 Å². The second-order valence-electron chi connectivity index (χ2n) is 8.64. The first-order chi connectivity index (χ1) is 15.2. The molecule has 1 atom stereocenters. The van der Waals surface area contributed by atoms with Crippen molar-refractivity contribution >= 4 is 5.71 Å². The molecule has 6 rings (SSSR count). The van der Waals surface area contributed by atoms with E-state index in [1.807, 2.05) is 25.1 Å². The van der Waals surface area contributed by atoms with Gasteiger partial charge in [-0.2, -0.15) is 5.10 Å². The first-order valence-corrected chi connectivity index (χ1v) is 11.1. The monoisotopic (exact) mass is 421 g/mol. The molecular weight excluding hydrogens is 394 g/mol. The molecule has 4 aliphatic heterocycles. The molecule has 2 aromatic rings. The predicted molar refractivity (Wildman–Crippen MR) is 116 cm³/mol. The highest BCUT2D eigenvalue weighted by Crippen LogP contribution is 2.53. The fourth-order valence-electron chi connectivity index (χ4n) is 5.09. The summed E-state index contributed by atoms with van der Waals surface area (Å²) >= 11 is 0. The minimum atomic E-state index is -0.449. The lowest BCUT2D eigenvalue weighted by atomic mass is 9.90. The summed E-state index contributed by atoms with van der Waals surface area (Å²) in [7, 11) is 2.16. The first kappa shape index (κ1) is 18.8. The third-order valence-electron chi connectivity index (χ3n) is 6.76. The molecule has 2 aromatic carbocycles. The summed E-state index contributed by atoms with van der Waals surface area (Å²) in [6, 6.07) is 12.4. The second kappa shape index (κ2) is 7.05. The largest absolute Gasteiger partial charge is 0.490 e. The molecule has 162 valence electrons. The number of fused-ring (bicyclic) bond motifs is 5. The third-order valence-corrected chi connectivity index (χ3v) is 6.76. The number of para-hydroxylation sites is 1. The first-order valence-electron chi connectivity index (χ1n) is 11.1. The van der Waals surface area contributed by atoms with Crippen LogP contribution in [0.1, 0.15) is 43.4 Å². The van der Waals surface area contributed by atoms with Crippen molar-refractivity contribution in [3.8, 4) is 23.0 Å². The van der Waals surface area contributed by atoms with Gasteiger partial charge in [0.25, 0.3) is 0 Å². The summed E-state index contributed by atoms with van der Waals surface area (Å²) in [6.45, 7) is 4.85. The van der Waals surface area contributed by atoms with Crippen molar-refractivity contribution in [2.75, 3.05) is 33.5 Å². The molecule has 0 amide bonds. The van der Waals surface area contributed by atoms with Gasteiger partial charge >= 0.3 is 0 Å². The smallest absolute Gasteiger partial charge is 0.231 e. The molecule has 0 saturated carbocycles. The van der Waals surface area contributed by atoms with E-state index in [1.165, 1.54) is 0 Å². The van der Waals surface area contributed by atoms with Gasteiger partial charge in [-0.25, -0.2) is 5.01 Å². The van der Waals surface area contributed by atoms with Gasteiger partial charge in [-0.3, -0.25) is 0 Å². The molecule has 31 heavy (non-hydrogen) atoms. The Bertz CT molecular complexity index is 1050. The van der Waals surface area contributed by atoms with Crippen LogP contribution in [0.3, 0.4) is 0 Å². The van der Waals surface area contributed by atoms with Crippen LogP contribution in [0.25, 0.3) is 0 Å². The van der Waals surface area contributed by atoms with Crippen LogP contribution < -0.4 is 18.9 Å². The lowest BCUT2D eigenvalue weighted by Crippen LogP contribution is -2.58. The molecule has 7 nitrogen and oxygen atoms in total. The van der Waals surface area contributed by atoms with E-state index in [9.17, 15) is 0 Å². The van der Waals surface area contributed by atoms with Crippen LogP contribution in [0.2, 0.25) is 0 Å². The topological polar surface area (TPSA) is 55.8 Å². The fraction of sp³-hybridized carbons (Fsp3) is 0.458. The summed E-state index contributed by atoms with van der Waals surface area (Å²) < 4.78 is 23.8. The fourth-order valence-corrected chi connectivity index (χ4v) is 5.09. The minimum absolute atomic E-state index is 0.132. The van der Waals surface area contributed by atoms with E-state index in [0.29, 0.717) is 6.61 Å². The van der Waals surface area contributed by atoms with Crippen molar-refractivity contribution in [3.05, 3.63) is 47.5 Å². The number of benzene rings is 2. The highest BCUT2D eigenvalue weighted by atomic mass is 16.7. The van der Waals surface area contributed by atoms with Crippen molar-refractivity contribution < 1.29 is 18.9 Å². The molecule has 1 fully saturated rings. The van der Waals surface area contributed by atoms with Crippen molar-refractivity contribution in [2.24, 2.45) is 5.10 Å². The van der Waals surface area contributed by atoms with Gasteiger partial charge in [0.1, 0.15) is 0 Å². The highest BCUT2D eigenvalue weighted by Gasteiger charge is 2.52. The van der Waals surface area contributed by atoms with Crippen molar-refractivity contribution in [2.45, 2.75) is 38.0 Å². The van der Waals surface area contributed by atoms with Gasteiger partial charge in [-0.1, -0.05) is 12.1 Å². The van der Waals surface area contributed by atoms with Gasteiger partial charge in [0.05, 0.1) is 18.4 Å². The Hall–Kier alpha value is -2.93. The van der Waals surface area contributed by atoms with Gasteiger partial charge in [0.15, 0.2) is 23.0 Å². The SMILES string of the molecule is CCOc1cccc2c1OC1(CCN(C)CC1)N1N=C(c3ccc4c(c3)OCO4)CC21. The second-order valence-corrected chi connectivity index (χ2v) is 8.64. The number of piperidine rings is 1. The zero-order valence-corrected chi connectivity index (χ0v) is 18.0. The van der Waals surface area contributed by atoms with Gasteiger partial charge < -0.3 is 23.8 Å². The quantitative estimate of drug-likeness (QED) is 0.752. The molecule has 4 aliphatic rings. The number of nitrogens with zero attached hydrogens (tertiary/aromatic N) is 3. The Kier molecular flexibility index (Phi) is 4.28. The molecule has 1 unspecified atom stereocenters. The van der Waals surface area contributed by atoms with Gasteiger partial charge in [-0.05, 0) is 38.2 Å². The van der Waals surface area contributed by atoms with E-state index in [2.05, 4.69) is 35.2 Å². The van der Waals surface area contributed by atoms with Crippen LogP contribution in [0.15, 0.2) is 41.5 Å². The number of likely N-dealkylation sites (tertiary alicyclic amines) is 1. The maximum Gasteiger partial charge on any atom is 0.231 e. The van der Waals surface area contributed by atoms with Gasteiger partial charge in [-0.15, -0.1) is 0 Å². The van der Waals surface area contributed by atoms with Crippen LogP contribution in [0.4, 0.5) is 0 Å². The standard InChI is InChI=1S/C24H27N3O4/c1-3-28-21-6-4-5-17-19-14-18(16-7-8-20-22(13-16)30-15-29-20)25-27(19)24(31-23(17)21)9-11-26(2)12-10-24/h4-8,13,19H,3,9-12,14-15H2,1-2H3. The number of hydrogen-bond acceptors (Lipinski definition) is 7. The number of hydrogen-bond donors (Lipinski definition) is 0. The molecule has 1 saturated heterocycles. The molecule has 0 bridgehead atoms. The van der Waals surface area contributed by atoms with Crippen LogP contribution >= 0.6 is 0 Å². The number of ether oxygens (including phenoxy) is 4. The van der Waals surface area contributed by atoms with Crippen LogP contribution in [0.5, 0.6) is 23.0 Å². The molecular formula is C24H27N3O4. The zero-order valence-electron chi connectivity index (χ0n) is 18.0. The molecule has 0 aromatic heterocycles. The molecule has 0 aliphatic carbocycles. The Morgan fingerprint density at radius 3 is 2.81 bits per heavy atom. The van der Waals surface area contributed by atoms with E-state index >= 15 is 0 Å². The highest BCUT2D eigenvalue weighted by molar-refractivity contribution is 6.02.